The zero-order valence-electron chi connectivity index (χ0n) is 17.7. The number of rotatable bonds is 5. The predicted molar refractivity (Wildman–Crippen MR) is 118 cm³/mol. The Balaban J connectivity index is 1.39. The Kier molecular flexibility index (Phi) is 5.24. The molecule has 2 aliphatic rings. The lowest BCUT2D eigenvalue weighted by atomic mass is 9.91. The minimum atomic E-state index is -0.429. The highest BCUT2D eigenvalue weighted by Gasteiger charge is 2.37. The van der Waals surface area contributed by atoms with Crippen molar-refractivity contribution in [3.05, 3.63) is 77.1 Å². The number of carbonyl (C=O) groups excluding carboxylic acids is 1. The Hall–Kier alpha value is -3.12. The summed E-state index contributed by atoms with van der Waals surface area (Å²) >= 11 is 0. The number of amides is 1. The van der Waals surface area contributed by atoms with Gasteiger partial charge in [0.2, 0.25) is 0 Å². The molecule has 0 radical (unpaired) electrons. The van der Waals surface area contributed by atoms with Gasteiger partial charge in [-0.1, -0.05) is 25.0 Å². The van der Waals surface area contributed by atoms with E-state index >= 15 is 0 Å². The van der Waals surface area contributed by atoms with Gasteiger partial charge in [-0.15, -0.1) is 0 Å². The van der Waals surface area contributed by atoms with Crippen molar-refractivity contribution in [1.29, 1.82) is 0 Å². The smallest absolute Gasteiger partial charge is 0.254 e. The van der Waals surface area contributed by atoms with Crippen LogP contribution in [0.2, 0.25) is 0 Å². The van der Waals surface area contributed by atoms with E-state index in [1.807, 2.05) is 46.1 Å². The van der Waals surface area contributed by atoms with Crippen molar-refractivity contribution < 1.29 is 14.6 Å². The number of methoxy groups -OCH3 is 1. The molecule has 1 amide bonds. The summed E-state index contributed by atoms with van der Waals surface area (Å²) in [6.07, 6.45) is 7.65. The molecule has 1 aliphatic heterocycles. The molecule has 3 aromatic rings. The van der Waals surface area contributed by atoms with Gasteiger partial charge in [-0.05, 0) is 59.9 Å². The molecule has 1 aliphatic carbocycles. The number of ether oxygens (including phenoxy) is 1. The van der Waals surface area contributed by atoms with Crippen LogP contribution in [-0.4, -0.2) is 44.9 Å². The van der Waals surface area contributed by atoms with Gasteiger partial charge in [0.05, 0.1) is 24.9 Å². The Morgan fingerprint density at radius 2 is 1.97 bits per heavy atom. The van der Waals surface area contributed by atoms with Crippen LogP contribution in [-0.2, 0) is 13.0 Å². The van der Waals surface area contributed by atoms with E-state index in [4.69, 9.17) is 4.74 Å². The second-order valence-electron chi connectivity index (χ2n) is 8.47. The fourth-order valence-electron chi connectivity index (χ4n) is 4.87. The van der Waals surface area contributed by atoms with Gasteiger partial charge in [-0.3, -0.25) is 4.79 Å². The van der Waals surface area contributed by atoms with Gasteiger partial charge in [-0.25, -0.2) is 4.68 Å². The Labute approximate surface area is 182 Å². The molecule has 160 valence electrons. The molecule has 0 unspecified atom stereocenters. The number of aliphatic hydroxyl groups excluding tert-OH is 1. The van der Waals surface area contributed by atoms with E-state index in [0.29, 0.717) is 13.0 Å². The summed E-state index contributed by atoms with van der Waals surface area (Å²) in [5.74, 6) is 0.827. The van der Waals surface area contributed by atoms with E-state index in [1.54, 1.807) is 13.3 Å². The molecule has 1 saturated carbocycles. The maximum Gasteiger partial charge on any atom is 0.254 e. The quantitative estimate of drug-likeness (QED) is 0.687. The lowest BCUT2D eigenvalue weighted by Crippen LogP contribution is -2.45. The maximum absolute atomic E-state index is 13.2. The predicted octanol–water partition coefficient (Wildman–Crippen LogP) is 3.73. The van der Waals surface area contributed by atoms with Crippen molar-refractivity contribution in [2.24, 2.45) is 0 Å². The normalized spacial score (nSPS) is 20.7. The topological polar surface area (TPSA) is 67.6 Å². The van der Waals surface area contributed by atoms with Crippen molar-refractivity contribution in [3.63, 3.8) is 0 Å². The minimum absolute atomic E-state index is 0.0267. The van der Waals surface area contributed by atoms with Crippen molar-refractivity contribution in [3.8, 4) is 11.4 Å². The Morgan fingerprint density at radius 3 is 2.68 bits per heavy atom. The molecule has 5 rings (SSSR count). The first-order chi connectivity index (χ1) is 15.1. The van der Waals surface area contributed by atoms with Crippen LogP contribution in [0.15, 0.2) is 54.9 Å². The molecule has 1 aromatic heterocycles. The highest BCUT2D eigenvalue weighted by atomic mass is 16.5. The molecule has 2 aromatic carbocycles. The molecule has 1 fully saturated rings. The van der Waals surface area contributed by atoms with Crippen molar-refractivity contribution >= 4 is 5.91 Å². The number of fused-ring (bicyclic) bond motifs is 1. The summed E-state index contributed by atoms with van der Waals surface area (Å²) in [6, 6.07) is 14.0. The van der Waals surface area contributed by atoms with Gasteiger partial charge in [0.25, 0.3) is 5.91 Å². The SMILES string of the molecule is COc1cc2c(cc1Cc1ccc(-n3cccn3)cc1)C(=O)N([C@@H]1CCCC[C@H]1O)C2. The fraction of sp³-hybridized carbons (Fsp3) is 0.360. The lowest BCUT2D eigenvalue weighted by molar-refractivity contribution is 0.0191. The van der Waals surface area contributed by atoms with Crippen LogP contribution >= 0.6 is 0 Å². The molecule has 2 heterocycles. The number of hydrogen-bond acceptors (Lipinski definition) is 4. The van der Waals surface area contributed by atoms with Crippen LogP contribution in [0.25, 0.3) is 5.69 Å². The fourth-order valence-corrected chi connectivity index (χ4v) is 4.87. The molecule has 6 heteroatoms. The summed E-state index contributed by atoms with van der Waals surface area (Å²) in [7, 11) is 1.67. The van der Waals surface area contributed by atoms with Gasteiger partial charge >= 0.3 is 0 Å². The van der Waals surface area contributed by atoms with E-state index in [2.05, 4.69) is 17.2 Å². The molecule has 1 N–H and O–H groups in total. The zero-order valence-corrected chi connectivity index (χ0v) is 17.7. The minimum Gasteiger partial charge on any atom is -0.496 e. The van der Waals surface area contributed by atoms with E-state index in [-0.39, 0.29) is 11.9 Å². The summed E-state index contributed by atoms with van der Waals surface area (Å²) in [6.45, 7) is 0.547. The van der Waals surface area contributed by atoms with Crippen molar-refractivity contribution in [2.45, 2.75) is 50.8 Å². The van der Waals surface area contributed by atoms with Crippen molar-refractivity contribution in [2.75, 3.05) is 7.11 Å². The van der Waals surface area contributed by atoms with Crippen molar-refractivity contribution in [1.82, 2.24) is 14.7 Å². The van der Waals surface area contributed by atoms with Gasteiger partial charge in [0.15, 0.2) is 0 Å². The van der Waals surface area contributed by atoms with E-state index in [1.165, 1.54) is 0 Å². The first-order valence-electron chi connectivity index (χ1n) is 10.9. The average molecular weight is 418 g/mol. The van der Waals surface area contributed by atoms with Crippen LogP contribution in [0.4, 0.5) is 0 Å². The molecule has 0 spiro atoms. The first-order valence-corrected chi connectivity index (χ1v) is 10.9. The number of aliphatic hydroxyl groups is 1. The molecule has 6 nitrogen and oxygen atoms in total. The van der Waals surface area contributed by atoms with Gasteiger partial charge < -0.3 is 14.7 Å². The molecule has 0 saturated heterocycles. The zero-order chi connectivity index (χ0) is 21.4. The van der Waals surface area contributed by atoms with Crippen LogP contribution in [0.1, 0.15) is 52.7 Å². The van der Waals surface area contributed by atoms with Crippen LogP contribution in [0.3, 0.4) is 0 Å². The van der Waals surface area contributed by atoms with E-state index in [9.17, 15) is 9.90 Å². The summed E-state index contributed by atoms with van der Waals surface area (Å²) in [5.41, 5.74) is 4.86. The first kappa shape index (κ1) is 19.8. The Bertz CT molecular complexity index is 1080. The third kappa shape index (κ3) is 3.72. The van der Waals surface area contributed by atoms with Gasteiger partial charge in [0.1, 0.15) is 5.75 Å². The van der Waals surface area contributed by atoms with Gasteiger partial charge in [0, 0.05) is 30.9 Å². The highest BCUT2D eigenvalue weighted by molar-refractivity contribution is 5.99. The summed E-state index contributed by atoms with van der Waals surface area (Å²) < 4.78 is 7.50. The molecular weight excluding hydrogens is 390 g/mol. The summed E-state index contributed by atoms with van der Waals surface area (Å²) in [5, 5.41) is 14.7. The monoisotopic (exact) mass is 417 g/mol. The number of benzene rings is 2. The van der Waals surface area contributed by atoms with Gasteiger partial charge in [-0.2, -0.15) is 5.10 Å². The molecule has 2 atom stereocenters. The number of carbonyl (C=O) groups is 1. The number of aromatic nitrogens is 2. The molecule has 0 bridgehead atoms. The molecular formula is C25H27N3O3. The standard InChI is InChI=1S/C25H27N3O3/c1-31-24-15-19-16-27(22-5-2-3-6-23(22)29)25(30)21(19)14-18(24)13-17-7-9-20(10-8-17)28-12-4-11-26-28/h4,7-12,14-15,22-23,29H,2-3,5-6,13,16H2,1H3/t22-,23-/m1/s1. The average Bonchev–Trinajstić information content (AvgIpc) is 3.43. The van der Waals surface area contributed by atoms with Crippen LogP contribution < -0.4 is 4.74 Å². The number of nitrogens with zero attached hydrogens (tertiary/aromatic N) is 3. The maximum atomic E-state index is 13.2. The third-order valence-corrected chi connectivity index (χ3v) is 6.53. The van der Waals surface area contributed by atoms with Crippen LogP contribution in [0.5, 0.6) is 5.75 Å². The Morgan fingerprint density at radius 1 is 1.16 bits per heavy atom. The summed E-state index contributed by atoms with van der Waals surface area (Å²) in [4.78, 5) is 15.0. The largest absolute Gasteiger partial charge is 0.496 e. The van der Waals surface area contributed by atoms with E-state index < -0.39 is 6.10 Å². The highest BCUT2D eigenvalue weighted by Crippen LogP contribution is 2.35. The second-order valence-corrected chi connectivity index (χ2v) is 8.47. The van der Waals surface area contributed by atoms with Crippen LogP contribution in [0, 0.1) is 0 Å². The molecule has 31 heavy (non-hydrogen) atoms. The third-order valence-electron chi connectivity index (χ3n) is 6.53. The second kappa shape index (κ2) is 8.19. The number of hydrogen-bond donors (Lipinski definition) is 1. The lowest BCUT2D eigenvalue weighted by Gasteiger charge is -2.35. The van der Waals surface area contributed by atoms with E-state index in [0.717, 1.165) is 59.4 Å².